The molecule has 0 aromatic heterocycles. The molecule has 0 saturated heterocycles. The number of halogens is 2. The monoisotopic (exact) mass is 262 g/mol. The molecule has 1 aliphatic carbocycles. The molecular weight excluding hydrogens is 247 g/mol. The van der Waals surface area contributed by atoms with Crippen molar-refractivity contribution in [2.45, 2.75) is 39.0 Å². The van der Waals surface area contributed by atoms with Gasteiger partial charge in [0.15, 0.2) is 0 Å². The van der Waals surface area contributed by atoms with E-state index in [2.05, 4.69) is 28.9 Å². The lowest BCUT2D eigenvalue weighted by molar-refractivity contribution is 0.545. The van der Waals surface area contributed by atoms with Crippen LogP contribution in [0, 0.1) is 5.92 Å². The van der Waals surface area contributed by atoms with E-state index in [0.29, 0.717) is 0 Å². The summed E-state index contributed by atoms with van der Waals surface area (Å²) in [6, 6.07) is 0. The first-order valence-corrected chi connectivity index (χ1v) is 6.13. The summed E-state index contributed by atoms with van der Waals surface area (Å²) >= 11 is 8.99. The van der Waals surface area contributed by atoms with Crippen LogP contribution in [0.1, 0.15) is 39.0 Å². The fraction of sp³-hybridized carbons (Fsp3) is 0.636. The average Bonchev–Trinajstić information content (AvgIpc) is 2.48. The Hall–Kier alpha value is 0.250. The van der Waals surface area contributed by atoms with Crippen LogP contribution in [0.25, 0.3) is 0 Å². The van der Waals surface area contributed by atoms with Gasteiger partial charge in [-0.15, -0.1) is 0 Å². The van der Waals surface area contributed by atoms with Crippen molar-refractivity contribution in [1.29, 1.82) is 0 Å². The zero-order valence-corrected chi connectivity index (χ0v) is 10.4. The summed E-state index contributed by atoms with van der Waals surface area (Å²) in [6.07, 6.45) is 10.9. The normalized spacial score (nSPS) is 23.5. The second kappa shape index (κ2) is 5.87. The van der Waals surface area contributed by atoms with E-state index in [9.17, 15) is 0 Å². The molecule has 0 aromatic rings. The van der Waals surface area contributed by atoms with Crippen LogP contribution in [0.2, 0.25) is 0 Å². The third kappa shape index (κ3) is 4.33. The molecule has 0 fully saturated rings. The molecule has 0 spiro atoms. The Labute approximate surface area is 94.2 Å². The van der Waals surface area contributed by atoms with E-state index >= 15 is 0 Å². The largest absolute Gasteiger partial charge is 0.0836 e. The molecule has 0 amide bonds. The fourth-order valence-corrected chi connectivity index (χ4v) is 2.21. The SMILES string of the molecule is CCCCC1C=C(/C=C(/Cl)Br)CC1. The number of hydrogen-bond acceptors (Lipinski definition) is 0. The second-order valence-corrected chi connectivity index (χ2v) is 5.33. The molecule has 0 radical (unpaired) electrons. The van der Waals surface area contributed by atoms with E-state index in [1.807, 2.05) is 6.08 Å². The molecule has 0 bridgehead atoms. The van der Waals surface area contributed by atoms with E-state index in [4.69, 9.17) is 11.6 Å². The summed E-state index contributed by atoms with van der Waals surface area (Å²) in [5.74, 6) is 0.801. The molecule has 2 heteroatoms. The topological polar surface area (TPSA) is 0 Å². The minimum absolute atomic E-state index is 0.717. The third-order valence-electron chi connectivity index (χ3n) is 2.48. The third-order valence-corrected chi connectivity index (χ3v) is 2.81. The summed E-state index contributed by atoms with van der Waals surface area (Å²) < 4.78 is 0.717. The van der Waals surface area contributed by atoms with Gasteiger partial charge in [0.25, 0.3) is 0 Å². The summed E-state index contributed by atoms with van der Waals surface area (Å²) in [6.45, 7) is 2.24. The van der Waals surface area contributed by atoms with Gasteiger partial charge >= 0.3 is 0 Å². The van der Waals surface area contributed by atoms with Crippen LogP contribution in [0.15, 0.2) is 21.7 Å². The van der Waals surface area contributed by atoms with Gasteiger partial charge in [0.05, 0.1) is 3.94 Å². The van der Waals surface area contributed by atoms with Gasteiger partial charge in [-0.2, -0.15) is 0 Å². The molecule has 0 heterocycles. The minimum atomic E-state index is 0.717. The Kier molecular flexibility index (Phi) is 5.12. The van der Waals surface area contributed by atoms with Crippen LogP contribution < -0.4 is 0 Å². The molecule has 0 aliphatic heterocycles. The first kappa shape index (κ1) is 11.3. The van der Waals surface area contributed by atoms with Gasteiger partial charge in [0.1, 0.15) is 0 Å². The fourth-order valence-electron chi connectivity index (χ4n) is 1.78. The van der Waals surface area contributed by atoms with Crippen molar-refractivity contribution < 1.29 is 0 Å². The molecule has 1 aliphatic rings. The van der Waals surface area contributed by atoms with Crippen molar-refractivity contribution in [2.24, 2.45) is 5.92 Å². The van der Waals surface area contributed by atoms with Crippen LogP contribution >= 0.6 is 27.5 Å². The maximum absolute atomic E-state index is 5.75. The number of rotatable bonds is 4. The van der Waals surface area contributed by atoms with Crippen LogP contribution in [0.3, 0.4) is 0 Å². The van der Waals surface area contributed by atoms with Crippen molar-refractivity contribution in [3.8, 4) is 0 Å². The molecule has 13 heavy (non-hydrogen) atoms. The Morgan fingerprint density at radius 1 is 1.77 bits per heavy atom. The lowest BCUT2D eigenvalue weighted by atomic mass is 10.0. The standard InChI is InChI=1S/C11H16BrCl/c1-2-3-4-9-5-6-10(7-9)8-11(12)13/h7-9H,2-6H2,1H3/b11-8+. The summed E-state index contributed by atoms with van der Waals surface area (Å²) in [5.41, 5.74) is 1.39. The van der Waals surface area contributed by atoms with Gasteiger partial charge in [-0.3, -0.25) is 0 Å². The maximum Gasteiger partial charge on any atom is 0.0836 e. The predicted molar refractivity (Wildman–Crippen MR) is 63.2 cm³/mol. The lowest BCUT2D eigenvalue weighted by Crippen LogP contribution is -1.89. The second-order valence-electron chi connectivity index (χ2n) is 3.62. The van der Waals surface area contributed by atoms with Gasteiger partial charge in [0.2, 0.25) is 0 Å². The van der Waals surface area contributed by atoms with Crippen molar-refractivity contribution in [1.82, 2.24) is 0 Å². The van der Waals surface area contributed by atoms with Gasteiger partial charge < -0.3 is 0 Å². The Balaban J connectivity index is 2.39. The maximum atomic E-state index is 5.75. The van der Waals surface area contributed by atoms with E-state index in [0.717, 1.165) is 9.86 Å². The predicted octanol–water partition coefficient (Wildman–Crippen LogP) is 4.99. The molecule has 0 saturated carbocycles. The van der Waals surface area contributed by atoms with Gasteiger partial charge in [-0.25, -0.2) is 0 Å². The molecule has 74 valence electrons. The molecule has 1 rings (SSSR count). The minimum Gasteiger partial charge on any atom is -0.0781 e. The van der Waals surface area contributed by atoms with Crippen LogP contribution in [-0.4, -0.2) is 0 Å². The highest BCUT2D eigenvalue weighted by Crippen LogP contribution is 2.30. The van der Waals surface area contributed by atoms with Crippen molar-refractivity contribution in [3.63, 3.8) is 0 Å². The van der Waals surface area contributed by atoms with E-state index in [-0.39, 0.29) is 0 Å². The Morgan fingerprint density at radius 2 is 2.54 bits per heavy atom. The van der Waals surface area contributed by atoms with Gasteiger partial charge in [0, 0.05) is 0 Å². The Morgan fingerprint density at radius 3 is 3.15 bits per heavy atom. The quantitative estimate of drug-likeness (QED) is 0.670. The molecule has 1 atom stereocenters. The Bertz CT molecular complexity index is 214. The van der Waals surface area contributed by atoms with Crippen LogP contribution in [0.4, 0.5) is 0 Å². The molecule has 0 N–H and O–H groups in total. The van der Waals surface area contributed by atoms with E-state index in [1.165, 1.54) is 37.7 Å². The summed E-state index contributed by atoms with van der Waals surface area (Å²) in [5, 5.41) is 0. The average molecular weight is 264 g/mol. The number of unbranched alkanes of at least 4 members (excludes halogenated alkanes) is 1. The first-order valence-electron chi connectivity index (χ1n) is 4.95. The first-order chi connectivity index (χ1) is 6.22. The molecular formula is C11H16BrCl. The highest BCUT2D eigenvalue weighted by atomic mass is 79.9. The van der Waals surface area contributed by atoms with Gasteiger partial charge in [-0.05, 0) is 52.8 Å². The number of allylic oxidation sites excluding steroid dienone is 3. The smallest absolute Gasteiger partial charge is 0.0781 e. The van der Waals surface area contributed by atoms with E-state index < -0.39 is 0 Å². The van der Waals surface area contributed by atoms with Gasteiger partial charge in [-0.1, -0.05) is 37.4 Å². The highest BCUT2D eigenvalue weighted by Gasteiger charge is 2.13. The lowest BCUT2D eigenvalue weighted by Gasteiger charge is -2.03. The summed E-state index contributed by atoms with van der Waals surface area (Å²) in [4.78, 5) is 0. The van der Waals surface area contributed by atoms with Crippen molar-refractivity contribution in [3.05, 3.63) is 21.7 Å². The van der Waals surface area contributed by atoms with Crippen LogP contribution in [-0.2, 0) is 0 Å². The zero-order chi connectivity index (χ0) is 9.68. The molecule has 0 nitrogen and oxygen atoms in total. The highest BCUT2D eigenvalue weighted by molar-refractivity contribution is 9.12. The van der Waals surface area contributed by atoms with Crippen LogP contribution in [0.5, 0.6) is 0 Å². The number of hydrogen-bond donors (Lipinski definition) is 0. The zero-order valence-electron chi connectivity index (χ0n) is 8.02. The van der Waals surface area contributed by atoms with Crippen molar-refractivity contribution in [2.75, 3.05) is 0 Å². The molecule has 1 unspecified atom stereocenters. The van der Waals surface area contributed by atoms with E-state index in [1.54, 1.807) is 0 Å². The molecule has 0 aromatic carbocycles. The van der Waals surface area contributed by atoms with Crippen molar-refractivity contribution >= 4 is 27.5 Å². The summed E-state index contributed by atoms with van der Waals surface area (Å²) in [7, 11) is 0.